The molecule has 3 rings (SSSR count). The van der Waals surface area contributed by atoms with Crippen molar-refractivity contribution in [3.63, 3.8) is 0 Å². The van der Waals surface area contributed by atoms with Gasteiger partial charge in [0.25, 0.3) is 0 Å². The van der Waals surface area contributed by atoms with E-state index >= 15 is 0 Å². The Morgan fingerprint density at radius 1 is 0.744 bits per heavy atom. The Morgan fingerprint density at radius 2 is 1.37 bits per heavy atom. The number of benzene rings is 2. The summed E-state index contributed by atoms with van der Waals surface area (Å²) in [7, 11) is 0. The highest BCUT2D eigenvalue weighted by Crippen LogP contribution is 2.20. The summed E-state index contributed by atoms with van der Waals surface area (Å²) < 4.78 is 0. The van der Waals surface area contributed by atoms with Gasteiger partial charge < -0.3 is 9.80 Å². The number of carbonyl (C=O) groups excluding carboxylic acids is 1. The van der Waals surface area contributed by atoms with Crippen molar-refractivity contribution >= 4 is 5.91 Å². The molecule has 43 heavy (non-hydrogen) atoms. The van der Waals surface area contributed by atoms with Crippen molar-refractivity contribution in [2.75, 3.05) is 32.7 Å². The first kappa shape index (κ1) is 34.8. The maximum Gasteiger partial charge on any atom is 0.222 e. The zero-order valence-electron chi connectivity index (χ0n) is 27.0. The minimum atomic E-state index is 0.359. The zero-order chi connectivity index (χ0) is 30.4. The number of hydrogen-bond acceptors (Lipinski definition) is 3. The Morgan fingerprint density at radius 3 is 2.05 bits per heavy atom. The molecule has 4 nitrogen and oxygen atoms in total. The number of nitrogens with zero attached hydrogens (tertiary/aromatic N) is 3. The topological polar surface area (TPSA) is 26.8 Å². The lowest BCUT2D eigenvalue weighted by Gasteiger charge is -2.36. The van der Waals surface area contributed by atoms with Crippen LogP contribution in [0.5, 0.6) is 0 Å². The molecule has 2 aromatic carbocycles. The van der Waals surface area contributed by atoms with Crippen LogP contribution >= 0.6 is 0 Å². The Balaban J connectivity index is 1.50. The summed E-state index contributed by atoms with van der Waals surface area (Å²) in [6.45, 7) is 14.8. The van der Waals surface area contributed by atoms with Crippen LogP contribution in [0, 0.1) is 0 Å². The fourth-order valence-corrected chi connectivity index (χ4v) is 6.43. The van der Waals surface area contributed by atoms with Crippen LogP contribution in [0.15, 0.2) is 86.0 Å². The summed E-state index contributed by atoms with van der Waals surface area (Å²) in [6.07, 6.45) is 19.9. The second-order valence-corrected chi connectivity index (χ2v) is 12.4. The average molecular weight is 586 g/mol. The molecule has 0 aromatic heterocycles. The SMILES string of the molecule is C=CCCCCCCCC(=O)N(CCCCN(Cc1ccccc1)Cc1ccccc1)CCCN1CCCCC1CC=C. The van der Waals surface area contributed by atoms with Gasteiger partial charge in [0.05, 0.1) is 0 Å². The number of allylic oxidation sites excluding steroid dienone is 1. The molecule has 0 radical (unpaired) electrons. The van der Waals surface area contributed by atoms with Crippen LogP contribution in [0.3, 0.4) is 0 Å². The smallest absolute Gasteiger partial charge is 0.222 e. The van der Waals surface area contributed by atoms with E-state index in [1.165, 1.54) is 56.2 Å². The normalized spacial score (nSPS) is 15.4. The molecule has 1 amide bonds. The minimum absolute atomic E-state index is 0.359. The van der Waals surface area contributed by atoms with Crippen LogP contribution in [0.4, 0.5) is 0 Å². The number of piperidine rings is 1. The van der Waals surface area contributed by atoms with Crippen LogP contribution in [0.2, 0.25) is 0 Å². The number of rotatable bonds is 23. The van der Waals surface area contributed by atoms with E-state index in [0.717, 1.165) is 84.2 Å². The molecule has 1 fully saturated rings. The maximum atomic E-state index is 13.4. The molecule has 4 heteroatoms. The minimum Gasteiger partial charge on any atom is -0.343 e. The average Bonchev–Trinajstić information content (AvgIpc) is 3.03. The summed E-state index contributed by atoms with van der Waals surface area (Å²) in [5.74, 6) is 0.359. The number of carbonyl (C=O) groups is 1. The van der Waals surface area contributed by atoms with E-state index in [1.54, 1.807) is 0 Å². The third-order valence-electron chi connectivity index (χ3n) is 8.86. The van der Waals surface area contributed by atoms with Gasteiger partial charge in [-0.3, -0.25) is 9.69 Å². The first-order valence-electron chi connectivity index (χ1n) is 17.2. The van der Waals surface area contributed by atoms with Gasteiger partial charge in [0.2, 0.25) is 5.91 Å². The van der Waals surface area contributed by atoms with Crippen molar-refractivity contribution < 1.29 is 4.79 Å². The van der Waals surface area contributed by atoms with Gasteiger partial charge in [0.1, 0.15) is 0 Å². The Kier molecular flexibility index (Phi) is 17.7. The van der Waals surface area contributed by atoms with Crippen LogP contribution in [-0.2, 0) is 17.9 Å². The van der Waals surface area contributed by atoms with Gasteiger partial charge in [-0.1, -0.05) is 98.5 Å². The molecule has 1 aliphatic rings. The van der Waals surface area contributed by atoms with Gasteiger partial charge in [-0.15, -0.1) is 13.2 Å². The monoisotopic (exact) mass is 585 g/mol. The van der Waals surface area contributed by atoms with E-state index in [2.05, 4.69) is 94.6 Å². The van der Waals surface area contributed by atoms with Crippen molar-refractivity contribution in [2.45, 2.75) is 109 Å². The van der Waals surface area contributed by atoms with E-state index in [1.807, 2.05) is 6.08 Å². The lowest BCUT2D eigenvalue weighted by atomic mass is 9.99. The van der Waals surface area contributed by atoms with Crippen molar-refractivity contribution in [2.24, 2.45) is 0 Å². The predicted octanol–water partition coefficient (Wildman–Crippen LogP) is 9.04. The second kappa shape index (κ2) is 21.9. The number of hydrogen-bond donors (Lipinski definition) is 0. The number of unbranched alkanes of at least 4 members (excludes halogenated alkanes) is 6. The quantitative estimate of drug-likeness (QED) is 0.0962. The molecule has 236 valence electrons. The number of likely N-dealkylation sites (tertiary alicyclic amines) is 1. The van der Waals surface area contributed by atoms with Crippen LogP contribution in [0.1, 0.15) is 101 Å². The standard InChI is InChI=1S/C39H59N3O/c1-3-5-6-7-8-9-16-28-39(43)42(33-21-32-41-30-18-17-27-38(41)22-4-2)31-20-19-29-40(34-36-23-12-10-13-24-36)35-37-25-14-11-15-26-37/h3-4,10-15,23-26,38H,1-2,5-9,16-22,27-35H2. The van der Waals surface area contributed by atoms with E-state index in [0.29, 0.717) is 18.4 Å². The highest BCUT2D eigenvalue weighted by molar-refractivity contribution is 5.76. The molecule has 1 heterocycles. The van der Waals surface area contributed by atoms with Gasteiger partial charge in [-0.05, 0) is 82.0 Å². The van der Waals surface area contributed by atoms with Crippen LogP contribution < -0.4 is 0 Å². The molecule has 1 aliphatic heterocycles. The third-order valence-corrected chi connectivity index (χ3v) is 8.86. The molecule has 1 atom stereocenters. The second-order valence-electron chi connectivity index (χ2n) is 12.4. The van der Waals surface area contributed by atoms with Gasteiger partial charge >= 0.3 is 0 Å². The van der Waals surface area contributed by atoms with E-state index in [-0.39, 0.29) is 0 Å². The van der Waals surface area contributed by atoms with E-state index in [9.17, 15) is 4.79 Å². The molecule has 2 aromatic rings. The molecular formula is C39H59N3O. The first-order chi connectivity index (χ1) is 21.2. The molecule has 1 unspecified atom stereocenters. The largest absolute Gasteiger partial charge is 0.343 e. The summed E-state index contributed by atoms with van der Waals surface area (Å²) >= 11 is 0. The van der Waals surface area contributed by atoms with Crippen LogP contribution in [0.25, 0.3) is 0 Å². The Labute approximate surface area is 263 Å². The van der Waals surface area contributed by atoms with Crippen molar-refractivity contribution in [1.29, 1.82) is 0 Å². The van der Waals surface area contributed by atoms with Gasteiger partial charge in [0.15, 0.2) is 0 Å². The lowest BCUT2D eigenvalue weighted by Crippen LogP contribution is -2.41. The highest BCUT2D eigenvalue weighted by Gasteiger charge is 2.21. The lowest BCUT2D eigenvalue weighted by molar-refractivity contribution is -0.131. The summed E-state index contributed by atoms with van der Waals surface area (Å²) in [6, 6.07) is 22.2. The highest BCUT2D eigenvalue weighted by atomic mass is 16.2. The van der Waals surface area contributed by atoms with E-state index < -0.39 is 0 Å². The molecule has 0 saturated carbocycles. The summed E-state index contributed by atoms with van der Waals surface area (Å²) in [5.41, 5.74) is 2.71. The van der Waals surface area contributed by atoms with E-state index in [4.69, 9.17) is 0 Å². The van der Waals surface area contributed by atoms with Crippen molar-refractivity contribution in [3.8, 4) is 0 Å². The van der Waals surface area contributed by atoms with Crippen molar-refractivity contribution in [1.82, 2.24) is 14.7 Å². The molecule has 0 aliphatic carbocycles. The molecule has 0 N–H and O–H groups in total. The summed E-state index contributed by atoms with van der Waals surface area (Å²) in [4.78, 5) is 20.8. The zero-order valence-corrected chi connectivity index (χ0v) is 27.0. The van der Waals surface area contributed by atoms with Gasteiger partial charge in [0, 0.05) is 45.2 Å². The van der Waals surface area contributed by atoms with Crippen molar-refractivity contribution in [3.05, 3.63) is 97.1 Å². The fourth-order valence-electron chi connectivity index (χ4n) is 6.43. The number of amides is 1. The third kappa shape index (κ3) is 14.6. The summed E-state index contributed by atoms with van der Waals surface area (Å²) in [5, 5.41) is 0. The molecular weight excluding hydrogens is 526 g/mol. The Bertz CT molecular complexity index is 966. The maximum absolute atomic E-state index is 13.4. The molecule has 0 bridgehead atoms. The predicted molar refractivity (Wildman–Crippen MR) is 184 cm³/mol. The fraction of sp³-hybridized carbons (Fsp3) is 0.564. The van der Waals surface area contributed by atoms with Gasteiger partial charge in [-0.2, -0.15) is 0 Å². The van der Waals surface area contributed by atoms with Gasteiger partial charge in [-0.25, -0.2) is 0 Å². The molecule has 1 saturated heterocycles. The Hall–Kier alpha value is -2.69. The first-order valence-corrected chi connectivity index (χ1v) is 17.2. The molecule has 0 spiro atoms. The van der Waals surface area contributed by atoms with Crippen LogP contribution in [-0.4, -0.2) is 59.4 Å².